The monoisotopic (exact) mass is 215 g/mol. The van der Waals surface area contributed by atoms with Gasteiger partial charge in [-0.3, -0.25) is 10.1 Å². The fraction of sp³-hybridized carbons (Fsp3) is 0.917. The normalized spacial score (nSPS) is 17.5. The van der Waals surface area contributed by atoms with E-state index in [-0.39, 0.29) is 6.04 Å². The maximum atomic E-state index is 11.2. The van der Waals surface area contributed by atoms with E-state index in [2.05, 4.69) is 26.1 Å². The van der Waals surface area contributed by atoms with Crippen LogP contribution in [0.5, 0.6) is 0 Å². The molecule has 90 valence electrons. The molecule has 0 aliphatic rings. The molecule has 0 amide bonds. The Morgan fingerprint density at radius 3 is 2.20 bits per heavy atom. The van der Waals surface area contributed by atoms with Gasteiger partial charge >= 0.3 is 5.97 Å². The summed E-state index contributed by atoms with van der Waals surface area (Å²) >= 11 is 0. The molecule has 0 fully saturated rings. The van der Waals surface area contributed by atoms with Crippen molar-refractivity contribution in [2.75, 3.05) is 0 Å². The zero-order valence-corrected chi connectivity index (χ0v) is 10.6. The lowest BCUT2D eigenvalue weighted by Crippen LogP contribution is -2.55. The molecule has 0 saturated heterocycles. The van der Waals surface area contributed by atoms with Gasteiger partial charge in [0.2, 0.25) is 0 Å². The van der Waals surface area contributed by atoms with Crippen LogP contribution in [0.1, 0.15) is 53.9 Å². The van der Waals surface area contributed by atoms with Crippen molar-refractivity contribution in [3.63, 3.8) is 0 Å². The zero-order chi connectivity index (χ0) is 12.1. The topological polar surface area (TPSA) is 49.3 Å². The second-order valence-electron chi connectivity index (χ2n) is 4.79. The van der Waals surface area contributed by atoms with Gasteiger partial charge < -0.3 is 5.11 Å². The molecular weight excluding hydrogens is 190 g/mol. The van der Waals surface area contributed by atoms with E-state index in [1.165, 1.54) is 0 Å². The summed E-state index contributed by atoms with van der Waals surface area (Å²) in [6.45, 7) is 10.1. The predicted molar refractivity (Wildman–Crippen MR) is 63.0 cm³/mol. The summed E-state index contributed by atoms with van der Waals surface area (Å²) < 4.78 is 0. The number of nitrogens with one attached hydrogen (secondary N) is 1. The molecule has 2 atom stereocenters. The first kappa shape index (κ1) is 14.4. The third-order valence-electron chi connectivity index (χ3n) is 2.97. The molecule has 0 saturated carbocycles. The fourth-order valence-corrected chi connectivity index (χ4v) is 1.89. The summed E-state index contributed by atoms with van der Waals surface area (Å²) in [5, 5.41) is 12.5. The summed E-state index contributed by atoms with van der Waals surface area (Å²) in [4.78, 5) is 11.2. The van der Waals surface area contributed by atoms with Crippen molar-refractivity contribution in [1.29, 1.82) is 0 Å². The molecular formula is C12H25NO2. The first-order valence-corrected chi connectivity index (χ1v) is 5.88. The molecule has 0 aliphatic heterocycles. The molecule has 2 unspecified atom stereocenters. The Morgan fingerprint density at radius 2 is 1.93 bits per heavy atom. The molecule has 3 heteroatoms. The van der Waals surface area contributed by atoms with Crippen LogP contribution in [0.4, 0.5) is 0 Å². The largest absolute Gasteiger partial charge is 0.480 e. The van der Waals surface area contributed by atoms with E-state index >= 15 is 0 Å². The Morgan fingerprint density at radius 1 is 1.40 bits per heavy atom. The van der Waals surface area contributed by atoms with Crippen LogP contribution in [-0.4, -0.2) is 22.7 Å². The number of carboxylic acid groups (broad SMARTS) is 1. The van der Waals surface area contributed by atoms with E-state index in [1.54, 1.807) is 6.92 Å². The van der Waals surface area contributed by atoms with Crippen LogP contribution in [0.3, 0.4) is 0 Å². The van der Waals surface area contributed by atoms with Gasteiger partial charge in [0.05, 0.1) is 0 Å². The van der Waals surface area contributed by atoms with Crippen LogP contribution in [0.25, 0.3) is 0 Å². The van der Waals surface area contributed by atoms with Gasteiger partial charge in [0.25, 0.3) is 0 Å². The van der Waals surface area contributed by atoms with Crippen LogP contribution >= 0.6 is 0 Å². The van der Waals surface area contributed by atoms with Crippen molar-refractivity contribution in [2.45, 2.75) is 65.5 Å². The lowest BCUT2D eigenvalue weighted by molar-refractivity contribution is -0.145. The van der Waals surface area contributed by atoms with E-state index in [1.807, 2.05) is 6.92 Å². The van der Waals surface area contributed by atoms with Crippen molar-refractivity contribution in [3.8, 4) is 0 Å². The van der Waals surface area contributed by atoms with Gasteiger partial charge in [-0.05, 0) is 25.7 Å². The van der Waals surface area contributed by atoms with Crippen LogP contribution in [0.15, 0.2) is 0 Å². The maximum Gasteiger partial charge on any atom is 0.323 e. The highest BCUT2D eigenvalue weighted by Gasteiger charge is 2.34. The van der Waals surface area contributed by atoms with Crippen molar-refractivity contribution in [3.05, 3.63) is 0 Å². The van der Waals surface area contributed by atoms with Gasteiger partial charge in [0, 0.05) is 6.04 Å². The van der Waals surface area contributed by atoms with Crippen molar-refractivity contribution >= 4 is 5.97 Å². The van der Waals surface area contributed by atoms with Gasteiger partial charge in [0.1, 0.15) is 5.54 Å². The molecule has 2 N–H and O–H groups in total. The van der Waals surface area contributed by atoms with E-state index in [0.29, 0.717) is 12.3 Å². The Kier molecular flexibility index (Phi) is 5.88. The molecule has 0 bridgehead atoms. The SMILES string of the molecule is CCCC(C)(NC(CC)C(C)C)C(=O)O. The van der Waals surface area contributed by atoms with Gasteiger partial charge in [-0.25, -0.2) is 0 Å². The Bertz CT molecular complexity index is 204. The first-order chi connectivity index (χ1) is 6.87. The minimum atomic E-state index is -0.778. The highest BCUT2D eigenvalue weighted by atomic mass is 16.4. The average Bonchev–Trinajstić information content (AvgIpc) is 2.14. The predicted octanol–water partition coefficient (Wildman–Crippen LogP) is 2.65. The first-order valence-electron chi connectivity index (χ1n) is 5.88. The lowest BCUT2D eigenvalue weighted by atomic mass is 9.91. The molecule has 0 aromatic rings. The van der Waals surface area contributed by atoms with Crippen LogP contribution in [0, 0.1) is 5.92 Å². The van der Waals surface area contributed by atoms with Gasteiger partial charge in [-0.1, -0.05) is 34.1 Å². The summed E-state index contributed by atoms with van der Waals surface area (Å²) in [5.74, 6) is -0.283. The molecule has 0 aromatic carbocycles. The Labute approximate surface area is 93.3 Å². The summed E-state index contributed by atoms with van der Waals surface area (Å²) in [6.07, 6.45) is 2.51. The summed E-state index contributed by atoms with van der Waals surface area (Å²) in [6, 6.07) is 0.276. The summed E-state index contributed by atoms with van der Waals surface area (Å²) in [7, 11) is 0. The third kappa shape index (κ3) is 4.20. The smallest absolute Gasteiger partial charge is 0.323 e. The Hall–Kier alpha value is -0.570. The average molecular weight is 215 g/mol. The molecule has 0 rings (SSSR count). The van der Waals surface area contributed by atoms with E-state index < -0.39 is 11.5 Å². The number of rotatable bonds is 7. The fourth-order valence-electron chi connectivity index (χ4n) is 1.89. The molecule has 0 radical (unpaired) electrons. The van der Waals surface area contributed by atoms with Gasteiger partial charge in [0.15, 0.2) is 0 Å². The Balaban J connectivity index is 4.58. The molecule has 15 heavy (non-hydrogen) atoms. The van der Waals surface area contributed by atoms with E-state index in [9.17, 15) is 9.90 Å². The van der Waals surface area contributed by atoms with Crippen LogP contribution in [-0.2, 0) is 4.79 Å². The molecule has 0 spiro atoms. The standard InChI is InChI=1S/C12H25NO2/c1-6-8-12(5,11(14)15)13-10(7-2)9(3)4/h9-10,13H,6-8H2,1-5H3,(H,14,15). The molecule has 0 heterocycles. The van der Waals surface area contributed by atoms with Crippen LogP contribution in [0.2, 0.25) is 0 Å². The zero-order valence-electron chi connectivity index (χ0n) is 10.6. The van der Waals surface area contributed by atoms with E-state index in [0.717, 1.165) is 12.8 Å². The van der Waals surface area contributed by atoms with Crippen molar-refractivity contribution in [2.24, 2.45) is 5.92 Å². The van der Waals surface area contributed by atoms with Crippen LogP contribution < -0.4 is 5.32 Å². The summed E-state index contributed by atoms with van der Waals surface area (Å²) in [5.41, 5.74) is -0.778. The number of hydrogen-bond donors (Lipinski definition) is 2. The van der Waals surface area contributed by atoms with Crippen molar-refractivity contribution < 1.29 is 9.90 Å². The van der Waals surface area contributed by atoms with Gasteiger partial charge in [-0.15, -0.1) is 0 Å². The highest BCUT2D eigenvalue weighted by Crippen LogP contribution is 2.17. The maximum absolute atomic E-state index is 11.2. The number of carbonyl (C=O) groups is 1. The number of aliphatic carboxylic acids is 1. The quantitative estimate of drug-likeness (QED) is 0.686. The van der Waals surface area contributed by atoms with E-state index in [4.69, 9.17) is 0 Å². The second kappa shape index (κ2) is 6.11. The number of hydrogen-bond acceptors (Lipinski definition) is 2. The highest BCUT2D eigenvalue weighted by molar-refractivity contribution is 5.78. The van der Waals surface area contributed by atoms with Gasteiger partial charge in [-0.2, -0.15) is 0 Å². The number of carboxylic acids is 1. The minimum Gasteiger partial charge on any atom is -0.480 e. The molecule has 0 aromatic heterocycles. The lowest BCUT2D eigenvalue weighted by Gasteiger charge is -2.33. The minimum absolute atomic E-state index is 0.276. The second-order valence-corrected chi connectivity index (χ2v) is 4.79. The van der Waals surface area contributed by atoms with Crippen molar-refractivity contribution in [1.82, 2.24) is 5.32 Å². The molecule has 0 aliphatic carbocycles. The third-order valence-corrected chi connectivity index (χ3v) is 2.97. The molecule has 3 nitrogen and oxygen atoms in total.